The van der Waals surface area contributed by atoms with E-state index < -0.39 is 11.6 Å². The molecule has 0 saturated carbocycles. The lowest BCUT2D eigenvalue weighted by Crippen LogP contribution is -2.46. The van der Waals surface area contributed by atoms with Gasteiger partial charge in [0, 0.05) is 52.0 Å². The highest BCUT2D eigenvalue weighted by molar-refractivity contribution is 5.43. The van der Waals surface area contributed by atoms with Crippen molar-refractivity contribution in [1.82, 2.24) is 19.9 Å². The Bertz CT molecular complexity index is 734. The van der Waals surface area contributed by atoms with E-state index in [1.54, 1.807) is 6.20 Å². The molecule has 1 aliphatic rings. The van der Waals surface area contributed by atoms with Gasteiger partial charge in [-0.25, -0.2) is 13.8 Å². The summed E-state index contributed by atoms with van der Waals surface area (Å²) in [5.74, 6) is 0.318. The van der Waals surface area contributed by atoms with E-state index in [1.807, 2.05) is 32.1 Å². The topological polar surface area (TPSA) is 48.4 Å². The summed E-state index contributed by atoms with van der Waals surface area (Å²) in [5, 5.41) is 0. The van der Waals surface area contributed by atoms with E-state index in [1.165, 1.54) is 0 Å². The SMILES string of the molecule is CN(C)c1nccc(N(C)C2CCCN(Cc3c(F)cncc3F)C2)n1. The number of anilines is 2. The van der Waals surface area contributed by atoms with E-state index in [0.29, 0.717) is 5.95 Å². The highest BCUT2D eigenvalue weighted by Gasteiger charge is 2.26. The molecule has 0 spiro atoms. The molecule has 2 aromatic heterocycles. The van der Waals surface area contributed by atoms with Gasteiger partial charge in [0.05, 0.1) is 12.4 Å². The van der Waals surface area contributed by atoms with Gasteiger partial charge >= 0.3 is 0 Å². The quantitative estimate of drug-likeness (QED) is 0.814. The monoisotopic (exact) mass is 362 g/mol. The Labute approximate surface area is 152 Å². The maximum atomic E-state index is 13.9. The van der Waals surface area contributed by atoms with Crippen LogP contribution >= 0.6 is 0 Å². The van der Waals surface area contributed by atoms with E-state index in [9.17, 15) is 8.78 Å². The first-order chi connectivity index (χ1) is 12.5. The highest BCUT2D eigenvalue weighted by atomic mass is 19.1. The normalized spacial score (nSPS) is 18.0. The number of hydrogen-bond donors (Lipinski definition) is 0. The van der Waals surface area contributed by atoms with Crippen molar-refractivity contribution in [2.75, 3.05) is 44.0 Å². The summed E-state index contributed by atoms with van der Waals surface area (Å²) in [6.45, 7) is 1.79. The fourth-order valence-electron chi connectivity index (χ4n) is 3.24. The first-order valence-corrected chi connectivity index (χ1v) is 8.69. The predicted molar refractivity (Wildman–Crippen MR) is 97.2 cm³/mol. The molecule has 0 bridgehead atoms. The second-order valence-electron chi connectivity index (χ2n) is 6.83. The maximum absolute atomic E-state index is 13.9. The lowest BCUT2D eigenvalue weighted by molar-refractivity contribution is 0.193. The van der Waals surface area contributed by atoms with Crippen LogP contribution in [0.5, 0.6) is 0 Å². The minimum Gasteiger partial charge on any atom is -0.355 e. The van der Waals surface area contributed by atoms with Crippen molar-refractivity contribution >= 4 is 11.8 Å². The Balaban J connectivity index is 1.71. The number of likely N-dealkylation sites (N-methyl/N-ethyl adjacent to an activating group) is 1. The highest BCUT2D eigenvalue weighted by Crippen LogP contribution is 2.23. The summed E-state index contributed by atoms with van der Waals surface area (Å²) >= 11 is 0. The standard InChI is InChI=1S/C18H24F2N6/c1-24(2)18-22-7-6-17(23-18)25(3)13-5-4-8-26(11-13)12-14-15(19)9-21-10-16(14)20/h6-7,9-10,13H,4-5,8,11-12H2,1-3H3. The van der Waals surface area contributed by atoms with Crippen molar-refractivity contribution in [3.63, 3.8) is 0 Å². The van der Waals surface area contributed by atoms with Crippen LogP contribution in [-0.2, 0) is 6.54 Å². The van der Waals surface area contributed by atoms with Crippen molar-refractivity contribution < 1.29 is 8.78 Å². The Morgan fingerprint density at radius 2 is 1.92 bits per heavy atom. The molecule has 3 heterocycles. The zero-order chi connectivity index (χ0) is 18.7. The summed E-state index contributed by atoms with van der Waals surface area (Å²) in [6, 6.07) is 2.11. The smallest absolute Gasteiger partial charge is 0.226 e. The zero-order valence-electron chi connectivity index (χ0n) is 15.4. The van der Waals surface area contributed by atoms with Crippen LogP contribution in [0.2, 0.25) is 0 Å². The second kappa shape index (κ2) is 7.90. The number of hydrogen-bond acceptors (Lipinski definition) is 6. The van der Waals surface area contributed by atoms with Crippen molar-refractivity contribution in [1.29, 1.82) is 0 Å². The second-order valence-corrected chi connectivity index (χ2v) is 6.83. The molecule has 1 unspecified atom stereocenters. The van der Waals surface area contributed by atoms with E-state index >= 15 is 0 Å². The third-order valence-corrected chi connectivity index (χ3v) is 4.75. The van der Waals surface area contributed by atoms with Crippen LogP contribution in [0.1, 0.15) is 18.4 Å². The molecule has 3 rings (SSSR count). The van der Waals surface area contributed by atoms with Gasteiger partial charge in [-0.05, 0) is 25.5 Å². The zero-order valence-corrected chi connectivity index (χ0v) is 15.4. The number of nitrogens with zero attached hydrogens (tertiary/aromatic N) is 6. The Kier molecular flexibility index (Phi) is 5.61. The predicted octanol–water partition coefficient (Wildman–Crippen LogP) is 2.32. The van der Waals surface area contributed by atoms with Crippen LogP contribution in [0.4, 0.5) is 20.5 Å². The third-order valence-electron chi connectivity index (χ3n) is 4.75. The van der Waals surface area contributed by atoms with Gasteiger partial charge in [-0.2, -0.15) is 4.98 Å². The Hall–Kier alpha value is -2.35. The molecule has 0 aliphatic carbocycles. The van der Waals surface area contributed by atoms with Crippen LogP contribution in [0.25, 0.3) is 0 Å². The van der Waals surface area contributed by atoms with E-state index in [0.717, 1.165) is 44.1 Å². The van der Waals surface area contributed by atoms with Crippen LogP contribution in [0.15, 0.2) is 24.7 Å². The molecule has 6 nitrogen and oxygen atoms in total. The average Bonchev–Trinajstić information content (AvgIpc) is 2.64. The summed E-state index contributed by atoms with van der Waals surface area (Å²) in [4.78, 5) is 18.4. The van der Waals surface area contributed by atoms with Gasteiger partial charge in [-0.3, -0.25) is 9.88 Å². The third kappa shape index (κ3) is 4.07. The summed E-state index contributed by atoms with van der Waals surface area (Å²) in [5.41, 5.74) is 0.0835. The molecular weight excluding hydrogens is 338 g/mol. The molecule has 0 N–H and O–H groups in total. The van der Waals surface area contributed by atoms with Crippen LogP contribution in [0.3, 0.4) is 0 Å². The van der Waals surface area contributed by atoms with Gasteiger partial charge in [-0.15, -0.1) is 0 Å². The maximum Gasteiger partial charge on any atom is 0.226 e. The van der Waals surface area contributed by atoms with Crippen molar-refractivity contribution in [2.24, 2.45) is 0 Å². The van der Waals surface area contributed by atoms with Crippen LogP contribution < -0.4 is 9.80 Å². The van der Waals surface area contributed by atoms with Gasteiger partial charge in [0.1, 0.15) is 17.5 Å². The molecule has 0 amide bonds. The van der Waals surface area contributed by atoms with Gasteiger partial charge in [-0.1, -0.05) is 0 Å². The summed E-state index contributed by atoms with van der Waals surface area (Å²) in [6.07, 6.45) is 5.85. The van der Waals surface area contributed by atoms with Crippen molar-refractivity contribution in [3.8, 4) is 0 Å². The molecule has 140 valence electrons. The molecule has 0 aromatic carbocycles. The number of likely N-dealkylation sites (tertiary alicyclic amines) is 1. The van der Waals surface area contributed by atoms with E-state index in [2.05, 4.69) is 24.8 Å². The average molecular weight is 362 g/mol. The molecule has 0 radical (unpaired) electrons. The summed E-state index contributed by atoms with van der Waals surface area (Å²) in [7, 11) is 5.81. The van der Waals surface area contributed by atoms with Gasteiger partial charge in [0.25, 0.3) is 0 Å². The van der Waals surface area contributed by atoms with Gasteiger partial charge < -0.3 is 9.80 Å². The number of aromatic nitrogens is 3. The fourth-order valence-corrected chi connectivity index (χ4v) is 3.24. The van der Waals surface area contributed by atoms with Gasteiger partial charge in [0.15, 0.2) is 0 Å². The number of pyridine rings is 1. The molecule has 2 aromatic rings. The molecule has 8 heteroatoms. The molecule has 1 atom stereocenters. The summed E-state index contributed by atoms with van der Waals surface area (Å²) < 4.78 is 27.8. The van der Waals surface area contributed by atoms with Crippen molar-refractivity contribution in [2.45, 2.75) is 25.4 Å². The first-order valence-electron chi connectivity index (χ1n) is 8.69. The van der Waals surface area contributed by atoms with Gasteiger partial charge in [0.2, 0.25) is 5.95 Å². The lowest BCUT2D eigenvalue weighted by atomic mass is 10.0. The molecule has 1 fully saturated rings. The lowest BCUT2D eigenvalue weighted by Gasteiger charge is -2.38. The minimum atomic E-state index is -0.591. The number of rotatable bonds is 5. The number of halogens is 2. The van der Waals surface area contributed by atoms with Crippen LogP contribution in [0, 0.1) is 11.6 Å². The Morgan fingerprint density at radius 3 is 2.62 bits per heavy atom. The largest absolute Gasteiger partial charge is 0.355 e. The van der Waals surface area contributed by atoms with Crippen LogP contribution in [-0.4, -0.2) is 60.1 Å². The molecule has 1 saturated heterocycles. The molecule has 1 aliphatic heterocycles. The van der Waals surface area contributed by atoms with Crippen molar-refractivity contribution in [3.05, 3.63) is 41.9 Å². The number of piperidine rings is 1. The van der Waals surface area contributed by atoms with E-state index in [4.69, 9.17) is 0 Å². The first kappa shape index (κ1) is 18.4. The molecular formula is C18H24F2N6. The fraction of sp³-hybridized carbons (Fsp3) is 0.500. The Morgan fingerprint density at radius 1 is 1.19 bits per heavy atom. The van der Waals surface area contributed by atoms with E-state index in [-0.39, 0.29) is 18.2 Å². The minimum absolute atomic E-state index is 0.0835. The molecule has 26 heavy (non-hydrogen) atoms.